The Balaban J connectivity index is 2.11. The zero-order valence-electron chi connectivity index (χ0n) is 10.3. The normalized spacial score (nSPS) is 16.5. The molecule has 3 heteroatoms. The van der Waals surface area contributed by atoms with Gasteiger partial charge in [0.05, 0.1) is 12.5 Å². The third-order valence-corrected chi connectivity index (χ3v) is 2.90. The van der Waals surface area contributed by atoms with Gasteiger partial charge in [0.1, 0.15) is 23.7 Å². The second kappa shape index (κ2) is 4.67. The maximum atomic E-state index is 8.45. The van der Waals surface area contributed by atoms with Crippen LogP contribution in [-0.2, 0) is 6.42 Å². The van der Waals surface area contributed by atoms with E-state index in [1.54, 1.807) is 0 Å². The van der Waals surface area contributed by atoms with Crippen LogP contribution in [0.1, 0.15) is 32.3 Å². The molecule has 0 unspecified atom stereocenters. The molecule has 0 radical (unpaired) electrons. The first-order chi connectivity index (χ1) is 8.11. The van der Waals surface area contributed by atoms with Crippen molar-refractivity contribution in [3.8, 4) is 17.6 Å². The van der Waals surface area contributed by atoms with Gasteiger partial charge in [0.25, 0.3) is 0 Å². The van der Waals surface area contributed by atoms with E-state index in [4.69, 9.17) is 14.7 Å². The highest BCUT2D eigenvalue weighted by Gasteiger charge is 2.26. The van der Waals surface area contributed by atoms with Crippen LogP contribution in [0, 0.1) is 11.3 Å². The Kier molecular flexibility index (Phi) is 3.23. The predicted octanol–water partition coefficient (Wildman–Crippen LogP) is 3.08. The Hall–Kier alpha value is -1.69. The molecular formula is C14H17NO2. The summed E-state index contributed by atoms with van der Waals surface area (Å²) in [4.78, 5) is 0. The third kappa shape index (κ3) is 2.91. The molecule has 0 aliphatic carbocycles. The summed E-state index contributed by atoms with van der Waals surface area (Å²) < 4.78 is 11.4. The maximum Gasteiger partial charge on any atom is 0.126 e. The second-order valence-corrected chi connectivity index (χ2v) is 4.89. The maximum absolute atomic E-state index is 8.45. The fourth-order valence-corrected chi connectivity index (χ4v) is 1.93. The number of benzene rings is 1. The van der Waals surface area contributed by atoms with Crippen molar-refractivity contribution in [3.63, 3.8) is 0 Å². The number of hydrogen-bond donors (Lipinski definition) is 0. The number of aryl methyl sites for hydroxylation is 1. The van der Waals surface area contributed by atoms with Crippen molar-refractivity contribution >= 4 is 0 Å². The third-order valence-electron chi connectivity index (χ3n) is 2.90. The van der Waals surface area contributed by atoms with Gasteiger partial charge in [0.2, 0.25) is 0 Å². The molecule has 0 fully saturated rings. The van der Waals surface area contributed by atoms with Crippen LogP contribution in [0.25, 0.3) is 0 Å². The first-order valence-corrected chi connectivity index (χ1v) is 5.92. The van der Waals surface area contributed by atoms with Crippen molar-refractivity contribution < 1.29 is 9.47 Å². The highest BCUT2D eigenvalue weighted by atomic mass is 16.5. The van der Waals surface area contributed by atoms with Crippen molar-refractivity contribution in [2.45, 2.75) is 38.7 Å². The second-order valence-electron chi connectivity index (χ2n) is 4.89. The van der Waals surface area contributed by atoms with Crippen molar-refractivity contribution in [3.05, 3.63) is 23.8 Å². The van der Waals surface area contributed by atoms with Gasteiger partial charge in [0, 0.05) is 6.07 Å². The van der Waals surface area contributed by atoms with Crippen LogP contribution in [0.3, 0.4) is 0 Å². The molecule has 1 aliphatic heterocycles. The molecule has 1 heterocycles. The first kappa shape index (κ1) is 11.8. The van der Waals surface area contributed by atoms with Crippen LogP contribution in [0.4, 0.5) is 0 Å². The summed E-state index contributed by atoms with van der Waals surface area (Å²) in [6.45, 7) is 4.62. The number of rotatable bonds is 3. The minimum atomic E-state index is -0.0989. The topological polar surface area (TPSA) is 42.2 Å². The van der Waals surface area contributed by atoms with Gasteiger partial charge in [-0.15, -0.1) is 0 Å². The largest absolute Gasteiger partial charge is 0.492 e. The number of ether oxygens (including phenoxy) is 2. The molecule has 0 amide bonds. The number of nitrogens with zero attached hydrogens (tertiary/aromatic N) is 1. The molecule has 3 nitrogen and oxygen atoms in total. The molecule has 1 aromatic rings. The molecule has 17 heavy (non-hydrogen) atoms. The zero-order chi connectivity index (χ0) is 12.3. The fraction of sp³-hybridized carbons (Fsp3) is 0.500. The van der Waals surface area contributed by atoms with Gasteiger partial charge in [0.15, 0.2) is 0 Å². The van der Waals surface area contributed by atoms with E-state index in [-0.39, 0.29) is 5.60 Å². The molecular weight excluding hydrogens is 214 g/mol. The van der Waals surface area contributed by atoms with E-state index < -0.39 is 0 Å². The molecule has 0 atom stereocenters. The number of nitriles is 1. The lowest BCUT2D eigenvalue weighted by molar-refractivity contribution is 0.0842. The van der Waals surface area contributed by atoms with Gasteiger partial charge in [-0.1, -0.05) is 6.07 Å². The number of fused-ring (bicyclic) bond motifs is 1. The first-order valence-electron chi connectivity index (χ1n) is 5.92. The molecule has 0 aromatic heterocycles. The lowest BCUT2D eigenvalue weighted by atomic mass is 9.94. The molecule has 90 valence electrons. The van der Waals surface area contributed by atoms with E-state index in [9.17, 15) is 0 Å². The van der Waals surface area contributed by atoms with Crippen LogP contribution in [0.5, 0.6) is 11.5 Å². The highest BCUT2D eigenvalue weighted by molar-refractivity contribution is 5.42. The molecule has 1 aliphatic rings. The average Bonchev–Trinajstić information content (AvgIpc) is 2.28. The highest BCUT2D eigenvalue weighted by Crippen LogP contribution is 2.35. The van der Waals surface area contributed by atoms with Crippen LogP contribution in [-0.4, -0.2) is 12.2 Å². The molecule has 0 bridgehead atoms. The van der Waals surface area contributed by atoms with Crippen molar-refractivity contribution in [1.82, 2.24) is 0 Å². The molecule has 0 spiro atoms. The molecule has 2 rings (SSSR count). The van der Waals surface area contributed by atoms with E-state index in [1.807, 2.05) is 18.2 Å². The summed E-state index contributed by atoms with van der Waals surface area (Å²) in [6.07, 6.45) is 2.49. The van der Waals surface area contributed by atoms with E-state index >= 15 is 0 Å². The summed E-state index contributed by atoms with van der Waals surface area (Å²) in [6, 6.07) is 7.97. The smallest absolute Gasteiger partial charge is 0.126 e. The number of hydrogen-bond acceptors (Lipinski definition) is 3. The van der Waals surface area contributed by atoms with Gasteiger partial charge in [-0.25, -0.2) is 0 Å². The Morgan fingerprint density at radius 1 is 1.47 bits per heavy atom. The quantitative estimate of drug-likeness (QED) is 0.751. The van der Waals surface area contributed by atoms with E-state index in [2.05, 4.69) is 19.9 Å². The summed E-state index contributed by atoms with van der Waals surface area (Å²) in [5, 5.41) is 8.45. The van der Waals surface area contributed by atoms with Crippen molar-refractivity contribution in [2.24, 2.45) is 0 Å². The summed E-state index contributed by atoms with van der Waals surface area (Å²) in [5.74, 6) is 1.69. The Labute approximate surface area is 102 Å². The summed E-state index contributed by atoms with van der Waals surface area (Å²) in [5.41, 5.74) is 1.13. The lowest BCUT2D eigenvalue weighted by Crippen LogP contribution is -2.32. The van der Waals surface area contributed by atoms with Gasteiger partial charge in [-0.2, -0.15) is 5.26 Å². The zero-order valence-corrected chi connectivity index (χ0v) is 10.3. The van der Waals surface area contributed by atoms with Gasteiger partial charge in [-0.05, 0) is 38.3 Å². The Bertz CT molecular complexity index is 446. The average molecular weight is 231 g/mol. The molecule has 0 saturated carbocycles. The molecule has 1 aromatic carbocycles. The molecule has 0 saturated heterocycles. The molecule has 0 N–H and O–H groups in total. The lowest BCUT2D eigenvalue weighted by Gasteiger charge is -2.32. The summed E-state index contributed by atoms with van der Waals surface area (Å²) >= 11 is 0. The van der Waals surface area contributed by atoms with Gasteiger partial charge >= 0.3 is 0 Å². The van der Waals surface area contributed by atoms with Crippen LogP contribution < -0.4 is 9.47 Å². The SMILES string of the molecule is CC1(C)CCc2ccc(OCCC#N)cc2O1. The van der Waals surface area contributed by atoms with Crippen LogP contribution in [0.2, 0.25) is 0 Å². The Morgan fingerprint density at radius 3 is 3.06 bits per heavy atom. The van der Waals surface area contributed by atoms with Crippen molar-refractivity contribution in [2.75, 3.05) is 6.61 Å². The predicted molar refractivity (Wildman–Crippen MR) is 65.2 cm³/mol. The standard InChI is InChI=1S/C14H17NO2/c1-14(2)7-6-11-4-5-12(10-13(11)17-14)16-9-3-8-15/h4-5,10H,3,6-7,9H2,1-2H3. The van der Waals surface area contributed by atoms with E-state index in [1.165, 1.54) is 5.56 Å². The van der Waals surface area contributed by atoms with E-state index in [0.29, 0.717) is 13.0 Å². The van der Waals surface area contributed by atoms with E-state index in [0.717, 1.165) is 24.3 Å². The monoisotopic (exact) mass is 231 g/mol. The van der Waals surface area contributed by atoms with Crippen LogP contribution >= 0.6 is 0 Å². The van der Waals surface area contributed by atoms with Gasteiger partial charge in [-0.3, -0.25) is 0 Å². The van der Waals surface area contributed by atoms with Crippen LogP contribution in [0.15, 0.2) is 18.2 Å². The minimum absolute atomic E-state index is 0.0989. The fourth-order valence-electron chi connectivity index (χ4n) is 1.93. The van der Waals surface area contributed by atoms with Gasteiger partial charge < -0.3 is 9.47 Å². The van der Waals surface area contributed by atoms with Crippen molar-refractivity contribution in [1.29, 1.82) is 5.26 Å². The summed E-state index contributed by atoms with van der Waals surface area (Å²) in [7, 11) is 0. The minimum Gasteiger partial charge on any atom is -0.492 e. The Morgan fingerprint density at radius 2 is 2.29 bits per heavy atom.